The molecule has 0 radical (unpaired) electrons. The van der Waals surface area contributed by atoms with Gasteiger partial charge in [-0.3, -0.25) is 0 Å². The van der Waals surface area contributed by atoms with Crippen molar-refractivity contribution in [2.75, 3.05) is 5.73 Å². The summed E-state index contributed by atoms with van der Waals surface area (Å²) in [6.45, 7) is 6.51. The van der Waals surface area contributed by atoms with Gasteiger partial charge in [0.05, 0.1) is 11.1 Å². The van der Waals surface area contributed by atoms with E-state index < -0.39 is 0 Å². The second-order valence-electron chi connectivity index (χ2n) is 4.75. The SMILES string of the molecule is CCC(C)C(C)n1c(N)nc2c(C#N)cccc21. The Hall–Kier alpha value is -2.02. The number of benzene rings is 1. The lowest BCUT2D eigenvalue weighted by Gasteiger charge is -2.21. The minimum Gasteiger partial charge on any atom is -0.369 e. The number of aromatic nitrogens is 2. The summed E-state index contributed by atoms with van der Waals surface area (Å²) in [6, 6.07) is 8.05. The summed E-state index contributed by atoms with van der Waals surface area (Å²) in [5.74, 6) is 0.996. The zero-order valence-electron chi connectivity index (χ0n) is 11.0. The Kier molecular flexibility index (Phi) is 3.24. The fraction of sp³-hybridized carbons (Fsp3) is 0.429. The molecule has 0 saturated heterocycles. The number of hydrogen-bond acceptors (Lipinski definition) is 3. The van der Waals surface area contributed by atoms with Crippen LogP contribution in [0.5, 0.6) is 0 Å². The molecule has 2 aromatic rings. The molecule has 0 aliphatic rings. The summed E-state index contributed by atoms with van der Waals surface area (Å²) in [4.78, 5) is 4.34. The molecule has 94 valence electrons. The highest BCUT2D eigenvalue weighted by Crippen LogP contribution is 2.29. The van der Waals surface area contributed by atoms with Crippen molar-refractivity contribution in [2.45, 2.75) is 33.2 Å². The van der Waals surface area contributed by atoms with E-state index in [-0.39, 0.29) is 6.04 Å². The smallest absolute Gasteiger partial charge is 0.201 e. The highest BCUT2D eigenvalue weighted by atomic mass is 15.2. The molecule has 2 N–H and O–H groups in total. The highest BCUT2D eigenvalue weighted by molar-refractivity contribution is 5.84. The van der Waals surface area contributed by atoms with E-state index in [2.05, 4.69) is 31.8 Å². The number of hydrogen-bond donors (Lipinski definition) is 1. The van der Waals surface area contributed by atoms with Crippen molar-refractivity contribution >= 4 is 17.0 Å². The van der Waals surface area contributed by atoms with Crippen molar-refractivity contribution in [3.63, 3.8) is 0 Å². The minimum atomic E-state index is 0.272. The molecule has 4 nitrogen and oxygen atoms in total. The zero-order valence-corrected chi connectivity index (χ0v) is 11.0. The number of fused-ring (bicyclic) bond motifs is 1. The lowest BCUT2D eigenvalue weighted by molar-refractivity contribution is 0.381. The lowest BCUT2D eigenvalue weighted by Crippen LogP contribution is -2.15. The molecule has 1 aromatic carbocycles. The van der Waals surface area contributed by atoms with Gasteiger partial charge >= 0.3 is 0 Å². The molecule has 0 aliphatic carbocycles. The van der Waals surface area contributed by atoms with Crippen LogP contribution in [-0.4, -0.2) is 9.55 Å². The Morgan fingerprint density at radius 3 is 2.78 bits per heavy atom. The van der Waals surface area contributed by atoms with Crippen LogP contribution < -0.4 is 5.73 Å². The van der Waals surface area contributed by atoms with Crippen molar-refractivity contribution in [3.05, 3.63) is 23.8 Å². The highest BCUT2D eigenvalue weighted by Gasteiger charge is 2.19. The standard InChI is InChI=1S/C14H18N4/c1-4-9(2)10(3)18-12-7-5-6-11(8-15)13(12)17-14(18)16/h5-7,9-10H,4H2,1-3H3,(H2,16,17). The third kappa shape index (κ3) is 1.82. The quantitative estimate of drug-likeness (QED) is 0.899. The fourth-order valence-corrected chi connectivity index (χ4v) is 2.25. The summed E-state index contributed by atoms with van der Waals surface area (Å²) < 4.78 is 2.03. The van der Waals surface area contributed by atoms with Crippen LogP contribution in [-0.2, 0) is 0 Å². The van der Waals surface area contributed by atoms with Crippen LogP contribution in [0.4, 0.5) is 5.95 Å². The van der Waals surface area contributed by atoms with Gasteiger partial charge in [0.1, 0.15) is 11.6 Å². The lowest BCUT2D eigenvalue weighted by atomic mass is 10.0. The topological polar surface area (TPSA) is 67.6 Å². The number of imidazole rings is 1. The summed E-state index contributed by atoms with van der Waals surface area (Å²) in [7, 11) is 0. The predicted octanol–water partition coefficient (Wildman–Crippen LogP) is 3.10. The van der Waals surface area contributed by atoms with Crippen LogP contribution in [0.3, 0.4) is 0 Å². The van der Waals surface area contributed by atoms with Crippen molar-refractivity contribution in [1.82, 2.24) is 9.55 Å². The molecule has 4 heteroatoms. The van der Waals surface area contributed by atoms with Gasteiger partial charge in [-0.05, 0) is 25.0 Å². The van der Waals surface area contributed by atoms with Crippen LogP contribution >= 0.6 is 0 Å². The van der Waals surface area contributed by atoms with Crippen molar-refractivity contribution < 1.29 is 0 Å². The van der Waals surface area contributed by atoms with Gasteiger partial charge in [-0.2, -0.15) is 5.26 Å². The maximum atomic E-state index is 9.09. The molecule has 0 spiro atoms. The Morgan fingerprint density at radius 1 is 1.44 bits per heavy atom. The van der Waals surface area contributed by atoms with E-state index in [1.54, 1.807) is 6.07 Å². The minimum absolute atomic E-state index is 0.272. The first kappa shape index (κ1) is 12.4. The van der Waals surface area contributed by atoms with Gasteiger partial charge in [-0.1, -0.05) is 26.3 Å². The fourth-order valence-electron chi connectivity index (χ4n) is 2.25. The summed E-state index contributed by atoms with van der Waals surface area (Å²) in [5, 5.41) is 9.09. The zero-order chi connectivity index (χ0) is 13.3. The van der Waals surface area contributed by atoms with E-state index in [1.165, 1.54) is 0 Å². The van der Waals surface area contributed by atoms with Crippen molar-refractivity contribution in [3.8, 4) is 6.07 Å². The molecule has 2 atom stereocenters. The molecule has 0 fully saturated rings. The number of rotatable bonds is 3. The van der Waals surface area contributed by atoms with Crippen LogP contribution in [0, 0.1) is 17.2 Å². The molecular formula is C14H18N4. The number of nitrogen functional groups attached to an aromatic ring is 1. The van der Waals surface area contributed by atoms with E-state index in [4.69, 9.17) is 11.0 Å². The first-order chi connectivity index (χ1) is 8.60. The maximum Gasteiger partial charge on any atom is 0.201 e. The third-order valence-electron chi connectivity index (χ3n) is 3.74. The van der Waals surface area contributed by atoms with E-state index in [0.717, 1.165) is 11.9 Å². The summed E-state index contributed by atoms with van der Waals surface area (Å²) in [5.41, 5.74) is 8.24. The molecule has 2 rings (SSSR count). The number of nitrogens with two attached hydrogens (primary N) is 1. The van der Waals surface area contributed by atoms with Gasteiger partial charge in [-0.25, -0.2) is 4.98 Å². The molecule has 0 bridgehead atoms. The van der Waals surface area contributed by atoms with E-state index >= 15 is 0 Å². The number of para-hydroxylation sites is 1. The van der Waals surface area contributed by atoms with Crippen LogP contribution in [0.2, 0.25) is 0 Å². The van der Waals surface area contributed by atoms with Crippen LogP contribution in [0.15, 0.2) is 18.2 Å². The van der Waals surface area contributed by atoms with E-state index in [9.17, 15) is 0 Å². The first-order valence-electron chi connectivity index (χ1n) is 6.26. The van der Waals surface area contributed by atoms with Gasteiger partial charge in [0.15, 0.2) is 0 Å². The van der Waals surface area contributed by atoms with Crippen molar-refractivity contribution in [1.29, 1.82) is 5.26 Å². The second kappa shape index (κ2) is 4.69. The molecule has 18 heavy (non-hydrogen) atoms. The Morgan fingerprint density at radius 2 is 2.17 bits per heavy atom. The van der Waals surface area contributed by atoms with Gasteiger partial charge in [0.2, 0.25) is 5.95 Å². The van der Waals surface area contributed by atoms with Crippen LogP contribution in [0.25, 0.3) is 11.0 Å². The third-order valence-corrected chi connectivity index (χ3v) is 3.74. The maximum absolute atomic E-state index is 9.09. The van der Waals surface area contributed by atoms with Gasteiger partial charge in [0, 0.05) is 6.04 Å². The van der Waals surface area contributed by atoms with Crippen molar-refractivity contribution in [2.24, 2.45) is 5.92 Å². The molecule has 0 aliphatic heterocycles. The number of anilines is 1. The average Bonchev–Trinajstić information content (AvgIpc) is 2.72. The largest absolute Gasteiger partial charge is 0.369 e. The van der Waals surface area contributed by atoms with E-state index in [0.29, 0.717) is 22.9 Å². The van der Waals surface area contributed by atoms with Gasteiger partial charge < -0.3 is 10.3 Å². The second-order valence-corrected chi connectivity index (χ2v) is 4.75. The Bertz CT molecular complexity index is 606. The van der Waals surface area contributed by atoms with Crippen LogP contribution in [0.1, 0.15) is 38.8 Å². The predicted molar refractivity (Wildman–Crippen MR) is 73.0 cm³/mol. The Labute approximate surface area is 107 Å². The first-order valence-corrected chi connectivity index (χ1v) is 6.26. The normalized spacial score (nSPS) is 14.3. The monoisotopic (exact) mass is 242 g/mol. The molecule has 1 aromatic heterocycles. The van der Waals surface area contributed by atoms with Gasteiger partial charge in [0.25, 0.3) is 0 Å². The average molecular weight is 242 g/mol. The van der Waals surface area contributed by atoms with E-state index in [1.807, 2.05) is 16.7 Å². The van der Waals surface area contributed by atoms with Gasteiger partial charge in [-0.15, -0.1) is 0 Å². The number of nitriles is 1. The molecular weight excluding hydrogens is 224 g/mol. The number of nitrogens with zero attached hydrogens (tertiary/aromatic N) is 3. The molecule has 1 heterocycles. The molecule has 0 amide bonds. The molecule has 0 saturated carbocycles. The summed E-state index contributed by atoms with van der Waals surface area (Å²) >= 11 is 0. The molecule has 2 unspecified atom stereocenters. The summed E-state index contributed by atoms with van der Waals surface area (Å²) in [6.07, 6.45) is 1.08. The Balaban J connectivity index is 2.65.